The fourth-order valence-electron chi connectivity index (χ4n) is 3.31. The molecule has 25 heavy (non-hydrogen) atoms. The lowest BCUT2D eigenvalue weighted by Crippen LogP contribution is -2.42. The third-order valence-electron chi connectivity index (χ3n) is 4.51. The van der Waals surface area contributed by atoms with Crippen molar-refractivity contribution in [2.45, 2.75) is 45.3 Å². The Kier molecular flexibility index (Phi) is 4.50. The first-order valence-electron chi connectivity index (χ1n) is 8.54. The Morgan fingerprint density at radius 2 is 1.76 bits per heavy atom. The number of aryl methyl sites for hydroxylation is 1. The third kappa shape index (κ3) is 3.10. The van der Waals surface area contributed by atoms with Crippen LogP contribution in [-0.4, -0.2) is 12.0 Å². The van der Waals surface area contributed by atoms with E-state index in [1.54, 1.807) is 4.90 Å². The molecule has 0 saturated carbocycles. The van der Waals surface area contributed by atoms with Gasteiger partial charge in [-0.15, -0.1) is 0 Å². The highest BCUT2D eigenvalue weighted by Crippen LogP contribution is 2.42. The number of benzene rings is 2. The first kappa shape index (κ1) is 17.0. The van der Waals surface area contributed by atoms with Gasteiger partial charge < -0.3 is 4.74 Å². The molecule has 4 nitrogen and oxygen atoms in total. The van der Waals surface area contributed by atoms with E-state index in [0.29, 0.717) is 12.8 Å². The number of hydrogen-bond donors (Lipinski definition) is 0. The number of ether oxygens (including phenoxy) is 1. The lowest BCUT2D eigenvalue weighted by atomic mass is 9.88. The molecular formula is C21H22N2O2. The minimum Gasteiger partial charge on any atom is -0.491 e. The molecule has 0 aliphatic carbocycles. The summed E-state index contributed by atoms with van der Waals surface area (Å²) in [4.78, 5) is 14.2. The average molecular weight is 334 g/mol. The molecule has 2 aromatic carbocycles. The lowest BCUT2D eigenvalue weighted by molar-refractivity contribution is -0.117. The number of carbonyl (C=O) groups excluding carboxylic acids is 1. The van der Waals surface area contributed by atoms with Crippen molar-refractivity contribution in [1.29, 1.82) is 5.26 Å². The number of hydrogen-bond acceptors (Lipinski definition) is 3. The van der Waals surface area contributed by atoms with Crippen molar-refractivity contribution in [3.8, 4) is 11.8 Å². The van der Waals surface area contributed by atoms with Crippen molar-refractivity contribution in [1.82, 2.24) is 0 Å². The summed E-state index contributed by atoms with van der Waals surface area (Å²) in [5.41, 5.74) is 1.73. The zero-order valence-corrected chi connectivity index (χ0v) is 14.8. The minimum absolute atomic E-state index is 0.0205. The number of rotatable bonds is 4. The highest BCUT2D eigenvalue weighted by molar-refractivity contribution is 5.98. The van der Waals surface area contributed by atoms with Crippen molar-refractivity contribution in [3.05, 3.63) is 59.7 Å². The molecule has 128 valence electrons. The summed E-state index contributed by atoms with van der Waals surface area (Å²) in [5, 5.41) is 10.0. The van der Waals surface area contributed by atoms with Gasteiger partial charge in [0.1, 0.15) is 5.75 Å². The molecule has 1 amide bonds. The summed E-state index contributed by atoms with van der Waals surface area (Å²) < 4.78 is 5.68. The second-order valence-corrected chi connectivity index (χ2v) is 6.73. The Labute approximate surface area is 148 Å². The highest BCUT2D eigenvalue weighted by atomic mass is 16.5. The van der Waals surface area contributed by atoms with Crippen LogP contribution in [0.5, 0.6) is 5.75 Å². The number of amides is 1. The van der Waals surface area contributed by atoms with Crippen LogP contribution in [0.1, 0.15) is 37.8 Å². The van der Waals surface area contributed by atoms with E-state index in [4.69, 9.17) is 4.74 Å². The highest BCUT2D eigenvalue weighted by Gasteiger charge is 2.48. The molecule has 3 rings (SSSR count). The normalized spacial score (nSPS) is 20.0. The minimum atomic E-state index is -0.970. The predicted molar refractivity (Wildman–Crippen MR) is 97.4 cm³/mol. The van der Waals surface area contributed by atoms with Crippen molar-refractivity contribution in [2.75, 3.05) is 4.90 Å². The molecular weight excluding hydrogens is 312 g/mol. The van der Waals surface area contributed by atoms with Crippen molar-refractivity contribution in [2.24, 2.45) is 0 Å². The Bertz CT molecular complexity index is 803. The van der Waals surface area contributed by atoms with E-state index < -0.39 is 5.54 Å². The van der Waals surface area contributed by atoms with E-state index in [-0.39, 0.29) is 12.0 Å². The van der Waals surface area contributed by atoms with Crippen LogP contribution in [0.3, 0.4) is 0 Å². The standard InChI is InChI=1S/C21H22N2O2/c1-15(2)25-19-10-6-17(7-11-19)21(14-22)13-12-20(24)23(21)18-8-4-16(3)5-9-18/h4-11,15H,12-13H2,1-3H3/t21-/m1/s1. The molecule has 0 aromatic heterocycles. The van der Waals surface area contributed by atoms with Crippen LogP contribution in [0.4, 0.5) is 5.69 Å². The van der Waals surface area contributed by atoms with E-state index >= 15 is 0 Å². The van der Waals surface area contributed by atoms with Crippen LogP contribution in [0.25, 0.3) is 0 Å². The van der Waals surface area contributed by atoms with Gasteiger partial charge in [-0.05, 0) is 57.0 Å². The van der Waals surface area contributed by atoms with Gasteiger partial charge in [-0.3, -0.25) is 9.69 Å². The van der Waals surface area contributed by atoms with Gasteiger partial charge in [0.25, 0.3) is 0 Å². The summed E-state index contributed by atoms with van der Waals surface area (Å²) in [5.74, 6) is 0.742. The number of nitrogens with zero attached hydrogens (tertiary/aromatic N) is 2. The molecule has 1 aliphatic heterocycles. The predicted octanol–water partition coefficient (Wildman–Crippen LogP) is 4.33. The fourth-order valence-corrected chi connectivity index (χ4v) is 3.31. The third-order valence-corrected chi connectivity index (χ3v) is 4.51. The molecule has 0 bridgehead atoms. The van der Waals surface area contributed by atoms with Crippen LogP contribution in [-0.2, 0) is 10.3 Å². The molecule has 1 saturated heterocycles. The second kappa shape index (κ2) is 6.60. The largest absolute Gasteiger partial charge is 0.491 e. The Morgan fingerprint density at radius 3 is 2.32 bits per heavy atom. The molecule has 4 heteroatoms. The number of carbonyl (C=O) groups is 1. The van der Waals surface area contributed by atoms with Crippen molar-refractivity contribution >= 4 is 11.6 Å². The monoisotopic (exact) mass is 334 g/mol. The summed E-state index contributed by atoms with van der Waals surface area (Å²) in [6, 6.07) is 17.7. The molecule has 0 N–H and O–H groups in total. The van der Waals surface area contributed by atoms with E-state index in [1.165, 1.54) is 0 Å². The number of anilines is 1. The molecule has 0 radical (unpaired) electrons. The van der Waals surface area contributed by atoms with E-state index in [9.17, 15) is 10.1 Å². The van der Waals surface area contributed by atoms with E-state index in [1.807, 2.05) is 69.3 Å². The Hall–Kier alpha value is -2.80. The molecule has 1 atom stereocenters. The fraction of sp³-hybridized carbons (Fsp3) is 0.333. The summed E-state index contributed by atoms with van der Waals surface area (Å²) in [7, 11) is 0. The van der Waals surface area contributed by atoms with Crippen LogP contribution >= 0.6 is 0 Å². The zero-order valence-electron chi connectivity index (χ0n) is 14.8. The van der Waals surface area contributed by atoms with Gasteiger partial charge in [-0.25, -0.2) is 0 Å². The first-order chi connectivity index (χ1) is 12.0. The maximum absolute atomic E-state index is 12.6. The summed E-state index contributed by atoms with van der Waals surface area (Å²) >= 11 is 0. The van der Waals surface area contributed by atoms with Gasteiger partial charge in [0.15, 0.2) is 5.54 Å². The maximum Gasteiger partial charge on any atom is 0.228 e. The van der Waals surface area contributed by atoms with Gasteiger partial charge in [0.05, 0.1) is 12.2 Å². The average Bonchev–Trinajstić information content (AvgIpc) is 2.93. The lowest BCUT2D eigenvalue weighted by Gasteiger charge is -2.33. The SMILES string of the molecule is Cc1ccc(N2C(=O)CC[C@@]2(C#N)c2ccc(OC(C)C)cc2)cc1. The number of nitriles is 1. The van der Waals surface area contributed by atoms with Gasteiger partial charge >= 0.3 is 0 Å². The molecule has 2 aromatic rings. The van der Waals surface area contributed by atoms with E-state index in [2.05, 4.69) is 6.07 Å². The quantitative estimate of drug-likeness (QED) is 0.836. The first-order valence-corrected chi connectivity index (χ1v) is 8.54. The smallest absolute Gasteiger partial charge is 0.228 e. The van der Waals surface area contributed by atoms with Gasteiger partial charge in [-0.1, -0.05) is 29.8 Å². The topological polar surface area (TPSA) is 53.3 Å². The zero-order chi connectivity index (χ0) is 18.0. The summed E-state index contributed by atoms with van der Waals surface area (Å²) in [6.07, 6.45) is 0.944. The van der Waals surface area contributed by atoms with Crippen LogP contribution < -0.4 is 9.64 Å². The molecule has 1 aliphatic rings. The summed E-state index contributed by atoms with van der Waals surface area (Å²) in [6.45, 7) is 5.94. The Balaban J connectivity index is 2.02. The van der Waals surface area contributed by atoms with Crippen molar-refractivity contribution < 1.29 is 9.53 Å². The maximum atomic E-state index is 12.6. The molecule has 1 fully saturated rings. The second-order valence-electron chi connectivity index (χ2n) is 6.73. The van der Waals surface area contributed by atoms with Crippen LogP contribution in [0.2, 0.25) is 0 Å². The Morgan fingerprint density at radius 1 is 1.12 bits per heavy atom. The molecule has 0 spiro atoms. The van der Waals surface area contributed by atoms with E-state index in [0.717, 1.165) is 22.6 Å². The molecule has 1 heterocycles. The van der Waals surface area contributed by atoms with Crippen molar-refractivity contribution in [3.63, 3.8) is 0 Å². The molecule has 0 unspecified atom stereocenters. The van der Waals surface area contributed by atoms with Gasteiger partial charge in [0.2, 0.25) is 5.91 Å². The van der Waals surface area contributed by atoms with Crippen LogP contribution in [0.15, 0.2) is 48.5 Å². The van der Waals surface area contributed by atoms with Crippen LogP contribution in [0, 0.1) is 18.3 Å². The van der Waals surface area contributed by atoms with Gasteiger partial charge in [-0.2, -0.15) is 5.26 Å². The van der Waals surface area contributed by atoms with Gasteiger partial charge in [0, 0.05) is 12.1 Å².